The predicted octanol–water partition coefficient (Wildman–Crippen LogP) is 5.16. The van der Waals surface area contributed by atoms with Crippen LogP contribution in [-0.2, 0) is 0 Å². The lowest BCUT2D eigenvalue weighted by Crippen LogP contribution is -2.46. The first-order valence-electron chi connectivity index (χ1n) is 9.09. The lowest BCUT2D eigenvalue weighted by molar-refractivity contribution is 0.679. The van der Waals surface area contributed by atoms with E-state index < -0.39 is 8.07 Å². The molecule has 0 heterocycles. The summed E-state index contributed by atoms with van der Waals surface area (Å²) in [6, 6.07) is 2.91. The van der Waals surface area contributed by atoms with E-state index in [1.807, 2.05) is 0 Å². The second kappa shape index (κ2) is 10.8. The van der Waals surface area contributed by atoms with Crippen LogP contribution < -0.4 is 5.32 Å². The largest absolute Gasteiger partial charge is 0.317 e. The third kappa shape index (κ3) is 7.29. The number of nitrogens with one attached hydrogen (secondary N) is 1. The molecule has 0 spiro atoms. The summed E-state index contributed by atoms with van der Waals surface area (Å²) in [5.74, 6) is 0. The van der Waals surface area contributed by atoms with Crippen molar-refractivity contribution in [3.8, 4) is 0 Å². The van der Waals surface area contributed by atoms with Crippen LogP contribution >= 0.6 is 0 Å². The summed E-state index contributed by atoms with van der Waals surface area (Å²) < 4.78 is 0. The van der Waals surface area contributed by atoms with E-state index in [1.54, 1.807) is 0 Å². The Morgan fingerprint density at radius 1 is 0.952 bits per heavy atom. The quantitative estimate of drug-likeness (QED) is 0.408. The summed E-state index contributed by atoms with van der Waals surface area (Å²) in [4.78, 5) is 0. The van der Waals surface area contributed by atoms with Gasteiger partial charge in [0, 0.05) is 9.52 Å². The van der Waals surface area contributed by atoms with Crippen LogP contribution in [0, 0.1) is 0 Å². The average molecular weight is 328 g/mol. The first-order chi connectivity index (χ1) is 9.75. The van der Waals surface area contributed by atoms with Gasteiger partial charge in [0.05, 0.1) is 8.07 Å². The van der Waals surface area contributed by atoms with Gasteiger partial charge in [-0.1, -0.05) is 69.8 Å². The van der Waals surface area contributed by atoms with Crippen molar-refractivity contribution in [1.29, 1.82) is 0 Å². The van der Waals surface area contributed by atoms with Gasteiger partial charge in [-0.05, 0) is 39.4 Å². The lowest BCUT2D eigenvalue weighted by atomic mass is 10.4. The van der Waals surface area contributed by atoms with Gasteiger partial charge in [0.1, 0.15) is 0 Å². The van der Waals surface area contributed by atoms with E-state index in [0.717, 1.165) is 16.6 Å². The summed E-state index contributed by atoms with van der Waals surface area (Å²) in [5, 5.41) is 3.73. The molecular weight excluding hydrogens is 286 g/mol. The monoisotopic (exact) mass is 327 g/mol. The molecule has 0 unspecified atom stereocenters. The zero-order chi connectivity index (χ0) is 16.5. The second-order valence-corrected chi connectivity index (χ2v) is 15.7. The summed E-state index contributed by atoms with van der Waals surface area (Å²) in [5.41, 5.74) is 6.68. The van der Waals surface area contributed by atoms with Crippen molar-refractivity contribution in [2.45, 2.75) is 90.5 Å². The molecule has 0 aliphatic rings. The van der Waals surface area contributed by atoms with Crippen LogP contribution in [0.4, 0.5) is 0 Å². The van der Waals surface area contributed by atoms with E-state index in [-0.39, 0.29) is 9.52 Å². The molecule has 126 valence electrons. The number of hydrogen-bond donors (Lipinski definition) is 1. The molecule has 0 aromatic carbocycles. The maximum absolute atomic E-state index is 3.73. The minimum Gasteiger partial charge on any atom is -0.317 e. The van der Waals surface area contributed by atoms with Gasteiger partial charge in [-0.25, -0.2) is 0 Å². The molecule has 0 aliphatic carbocycles. The first-order valence-corrected chi connectivity index (χ1v) is 13.3. The molecule has 1 nitrogen and oxygen atoms in total. The number of rotatable bonds is 11. The molecule has 0 radical (unpaired) electrons. The minimum atomic E-state index is -1.18. The van der Waals surface area contributed by atoms with Crippen LogP contribution in [0.2, 0.25) is 28.7 Å². The number of hydrogen-bond acceptors (Lipinski definition) is 1. The van der Waals surface area contributed by atoms with Crippen LogP contribution in [0.25, 0.3) is 0 Å². The van der Waals surface area contributed by atoms with Crippen molar-refractivity contribution in [1.82, 2.24) is 5.32 Å². The molecule has 0 saturated carbocycles. The fraction of sp³-hybridized carbons (Fsp3) is 0.889. The van der Waals surface area contributed by atoms with E-state index in [4.69, 9.17) is 0 Å². The van der Waals surface area contributed by atoms with Crippen LogP contribution in [-0.4, -0.2) is 30.7 Å². The topological polar surface area (TPSA) is 12.0 Å². The van der Waals surface area contributed by atoms with Gasteiger partial charge in [0.2, 0.25) is 0 Å². The van der Waals surface area contributed by atoms with Gasteiger partial charge in [-0.2, -0.15) is 0 Å². The molecule has 0 amide bonds. The smallest absolute Gasteiger partial charge is 0.0625 e. The van der Waals surface area contributed by atoms with E-state index in [1.165, 1.54) is 37.2 Å². The Kier molecular flexibility index (Phi) is 10.9. The summed E-state index contributed by atoms with van der Waals surface area (Å²) in [6.07, 6.45) is 1.37. The van der Waals surface area contributed by atoms with Crippen LogP contribution in [0.5, 0.6) is 0 Å². The Balaban J connectivity index is 4.08. The highest BCUT2D eigenvalue weighted by atomic mass is 28.3. The normalized spacial score (nSPS) is 13.1. The van der Waals surface area contributed by atoms with E-state index in [0.29, 0.717) is 0 Å². The Morgan fingerprint density at radius 3 is 1.90 bits per heavy atom. The highest BCUT2D eigenvalue weighted by Gasteiger charge is 2.41. The second-order valence-electron chi connectivity index (χ2n) is 7.85. The van der Waals surface area contributed by atoms with Gasteiger partial charge in [-0.3, -0.25) is 0 Å². The summed E-state index contributed by atoms with van der Waals surface area (Å²) in [7, 11) is -1.11. The summed E-state index contributed by atoms with van der Waals surface area (Å²) >= 11 is 0. The van der Waals surface area contributed by atoms with Gasteiger partial charge in [-0.15, -0.1) is 5.70 Å². The highest BCUT2D eigenvalue weighted by molar-refractivity contribution is 6.83. The third-order valence-corrected chi connectivity index (χ3v) is 14.9. The molecular formula is C18H41NSi2. The predicted molar refractivity (Wildman–Crippen MR) is 106 cm³/mol. The molecule has 0 saturated heterocycles. The van der Waals surface area contributed by atoms with Crippen molar-refractivity contribution in [2.24, 2.45) is 0 Å². The fourth-order valence-electron chi connectivity index (χ4n) is 4.08. The highest BCUT2D eigenvalue weighted by Crippen LogP contribution is 2.43. The Labute approximate surface area is 138 Å². The molecule has 0 aromatic heterocycles. The summed E-state index contributed by atoms with van der Waals surface area (Å²) in [6.45, 7) is 21.7. The van der Waals surface area contributed by atoms with Crippen LogP contribution in [0.3, 0.4) is 0 Å². The standard InChI is InChI=1S/C18H41NSi2/c1-15(2)14-20-12-9-10-19-11-13-21(16(3)4,17(5)6)18(7)8/h14,16-19H,9-13,20H2,1-8H3. The molecule has 0 bridgehead atoms. The van der Waals surface area contributed by atoms with E-state index in [2.05, 4.69) is 66.4 Å². The molecule has 0 atom stereocenters. The van der Waals surface area contributed by atoms with Gasteiger partial charge in [0.25, 0.3) is 0 Å². The van der Waals surface area contributed by atoms with Gasteiger partial charge >= 0.3 is 0 Å². The van der Waals surface area contributed by atoms with E-state index in [9.17, 15) is 0 Å². The minimum absolute atomic E-state index is 0.0702. The van der Waals surface area contributed by atoms with Crippen LogP contribution in [0.15, 0.2) is 11.3 Å². The zero-order valence-electron chi connectivity index (χ0n) is 16.1. The zero-order valence-corrected chi connectivity index (χ0v) is 18.5. The maximum atomic E-state index is 3.73. The molecule has 1 N–H and O–H groups in total. The third-order valence-electron chi connectivity index (χ3n) is 5.32. The maximum Gasteiger partial charge on any atom is 0.0625 e. The molecule has 0 aliphatic heterocycles. The Bertz CT molecular complexity index is 270. The average Bonchev–Trinajstić information content (AvgIpc) is 2.35. The van der Waals surface area contributed by atoms with E-state index >= 15 is 0 Å². The fourth-order valence-corrected chi connectivity index (χ4v) is 11.7. The molecule has 0 fully saturated rings. The van der Waals surface area contributed by atoms with Crippen molar-refractivity contribution in [3.63, 3.8) is 0 Å². The van der Waals surface area contributed by atoms with Crippen molar-refractivity contribution < 1.29 is 0 Å². The lowest BCUT2D eigenvalue weighted by Gasteiger charge is -2.43. The van der Waals surface area contributed by atoms with Crippen molar-refractivity contribution >= 4 is 17.6 Å². The van der Waals surface area contributed by atoms with Gasteiger partial charge in [0.15, 0.2) is 0 Å². The SMILES string of the molecule is CC(C)=C[SiH2]CCCNCC[Si](C(C)C)(C(C)C)C(C)C. The number of allylic oxidation sites excluding steroid dienone is 1. The molecule has 0 rings (SSSR count). The van der Waals surface area contributed by atoms with Crippen LogP contribution in [0.1, 0.15) is 61.8 Å². The molecule has 3 heteroatoms. The Hall–Kier alpha value is 0.134. The first kappa shape index (κ1) is 21.1. The Morgan fingerprint density at radius 2 is 1.48 bits per heavy atom. The van der Waals surface area contributed by atoms with Crippen molar-refractivity contribution in [3.05, 3.63) is 11.3 Å². The molecule has 0 aromatic rings. The van der Waals surface area contributed by atoms with Gasteiger partial charge < -0.3 is 5.32 Å². The molecule has 21 heavy (non-hydrogen) atoms. The van der Waals surface area contributed by atoms with Crippen molar-refractivity contribution in [2.75, 3.05) is 13.1 Å².